The van der Waals surface area contributed by atoms with Crippen molar-refractivity contribution in [1.29, 1.82) is 0 Å². The quantitative estimate of drug-likeness (QED) is 0.692. The zero-order valence-corrected chi connectivity index (χ0v) is 12.8. The van der Waals surface area contributed by atoms with Crippen molar-refractivity contribution >= 4 is 11.8 Å². The fraction of sp³-hybridized carbons (Fsp3) is 0.875. The molecule has 2 amide bonds. The summed E-state index contributed by atoms with van der Waals surface area (Å²) in [6, 6.07) is 0.201. The van der Waals surface area contributed by atoms with Gasteiger partial charge < -0.3 is 15.7 Å². The van der Waals surface area contributed by atoms with E-state index in [2.05, 4.69) is 10.6 Å². The largest absolute Gasteiger partial charge is 0.396 e. The van der Waals surface area contributed by atoms with Crippen LogP contribution in [0, 0.1) is 11.8 Å². The molecule has 0 aromatic heterocycles. The van der Waals surface area contributed by atoms with Crippen molar-refractivity contribution in [3.8, 4) is 0 Å². The maximum Gasteiger partial charge on any atom is 0.239 e. The zero-order chi connectivity index (χ0) is 15.1. The Labute approximate surface area is 126 Å². The first-order valence-electron chi connectivity index (χ1n) is 8.34. The number of hydrogen-bond acceptors (Lipinski definition) is 3. The molecule has 2 saturated carbocycles. The predicted molar refractivity (Wildman–Crippen MR) is 80.6 cm³/mol. The van der Waals surface area contributed by atoms with Crippen molar-refractivity contribution in [2.45, 2.75) is 63.8 Å². The normalized spacial score (nSPS) is 26.5. The highest BCUT2D eigenvalue weighted by molar-refractivity contribution is 5.84. The average Bonchev–Trinajstić information content (AvgIpc) is 2.99. The second-order valence-electron chi connectivity index (χ2n) is 6.60. The third-order valence-corrected chi connectivity index (χ3v) is 4.86. The van der Waals surface area contributed by atoms with Gasteiger partial charge in [0.25, 0.3) is 0 Å². The van der Waals surface area contributed by atoms with Crippen LogP contribution in [0.4, 0.5) is 0 Å². The monoisotopic (exact) mass is 296 g/mol. The number of aliphatic hydroxyl groups excluding tert-OH is 1. The van der Waals surface area contributed by atoms with E-state index >= 15 is 0 Å². The molecule has 0 bridgehead atoms. The van der Waals surface area contributed by atoms with Crippen LogP contribution in [0.1, 0.15) is 57.8 Å². The second-order valence-corrected chi connectivity index (χ2v) is 6.60. The molecule has 2 rings (SSSR count). The van der Waals surface area contributed by atoms with Crippen LogP contribution in [0.3, 0.4) is 0 Å². The molecule has 120 valence electrons. The summed E-state index contributed by atoms with van der Waals surface area (Å²) in [6.45, 7) is 0.337. The van der Waals surface area contributed by atoms with Gasteiger partial charge in [0.05, 0.1) is 6.54 Å². The van der Waals surface area contributed by atoms with E-state index in [1.807, 2.05) is 0 Å². The fourth-order valence-electron chi connectivity index (χ4n) is 3.50. The van der Waals surface area contributed by atoms with E-state index in [-0.39, 0.29) is 31.0 Å². The van der Waals surface area contributed by atoms with Crippen LogP contribution in [0.2, 0.25) is 0 Å². The Bertz CT molecular complexity index is 345. The molecule has 0 atom stereocenters. The van der Waals surface area contributed by atoms with Gasteiger partial charge in [-0.25, -0.2) is 0 Å². The lowest BCUT2D eigenvalue weighted by molar-refractivity contribution is -0.127. The third kappa shape index (κ3) is 5.65. The van der Waals surface area contributed by atoms with E-state index in [4.69, 9.17) is 5.11 Å². The molecule has 2 aliphatic carbocycles. The lowest BCUT2D eigenvalue weighted by Gasteiger charge is -2.28. The molecule has 0 unspecified atom stereocenters. The molecule has 0 aromatic carbocycles. The highest BCUT2D eigenvalue weighted by atomic mass is 16.3. The minimum Gasteiger partial charge on any atom is -0.396 e. The van der Waals surface area contributed by atoms with E-state index < -0.39 is 0 Å². The van der Waals surface area contributed by atoms with Crippen molar-refractivity contribution in [3.05, 3.63) is 0 Å². The maximum atomic E-state index is 11.8. The Kier molecular flexibility index (Phi) is 6.49. The summed E-state index contributed by atoms with van der Waals surface area (Å²) in [7, 11) is 0. The van der Waals surface area contributed by atoms with E-state index in [1.165, 1.54) is 12.8 Å². The van der Waals surface area contributed by atoms with Gasteiger partial charge in [0.15, 0.2) is 0 Å². The lowest BCUT2D eigenvalue weighted by Crippen LogP contribution is -2.43. The molecule has 2 fully saturated rings. The minimum absolute atomic E-state index is 0.000962. The first kappa shape index (κ1) is 16.3. The molecule has 0 aromatic rings. The number of carbonyl (C=O) groups excluding carboxylic acids is 2. The molecule has 0 heterocycles. The summed E-state index contributed by atoms with van der Waals surface area (Å²) in [4.78, 5) is 23.6. The molecular weight excluding hydrogens is 268 g/mol. The fourth-order valence-corrected chi connectivity index (χ4v) is 3.50. The van der Waals surface area contributed by atoms with Crippen molar-refractivity contribution in [2.24, 2.45) is 11.8 Å². The molecule has 21 heavy (non-hydrogen) atoms. The number of hydrogen-bond donors (Lipinski definition) is 3. The van der Waals surface area contributed by atoms with E-state index in [9.17, 15) is 9.59 Å². The molecule has 0 saturated heterocycles. The molecule has 0 spiro atoms. The zero-order valence-electron chi connectivity index (χ0n) is 12.8. The van der Waals surface area contributed by atoms with Crippen LogP contribution in [0.5, 0.6) is 0 Å². The van der Waals surface area contributed by atoms with Crippen LogP contribution in [-0.2, 0) is 9.59 Å². The Morgan fingerprint density at radius 1 is 0.905 bits per heavy atom. The van der Waals surface area contributed by atoms with Crippen LogP contribution < -0.4 is 10.6 Å². The summed E-state index contributed by atoms with van der Waals surface area (Å²) in [6.07, 6.45) is 9.10. The van der Waals surface area contributed by atoms with E-state index in [1.54, 1.807) is 0 Å². The Balaban J connectivity index is 1.57. The highest BCUT2D eigenvalue weighted by Gasteiger charge is 2.22. The predicted octanol–water partition coefficient (Wildman–Crippen LogP) is 1.35. The molecule has 5 nitrogen and oxygen atoms in total. The van der Waals surface area contributed by atoms with Gasteiger partial charge >= 0.3 is 0 Å². The van der Waals surface area contributed by atoms with Gasteiger partial charge in [-0.1, -0.05) is 12.8 Å². The van der Waals surface area contributed by atoms with Gasteiger partial charge in [-0.05, 0) is 50.4 Å². The smallest absolute Gasteiger partial charge is 0.239 e. The van der Waals surface area contributed by atoms with Crippen molar-refractivity contribution in [2.75, 3.05) is 13.2 Å². The standard InChI is InChI=1S/C16H28N2O3/c19-11-13-5-7-14(8-6-13)18-16(21)10-17-15(20)9-12-3-1-2-4-12/h12-14,19H,1-11H2,(H,17,20)(H,18,21). The molecule has 2 aliphatic rings. The Morgan fingerprint density at radius 2 is 1.57 bits per heavy atom. The maximum absolute atomic E-state index is 11.8. The van der Waals surface area contributed by atoms with E-state index in [0.29, 0.717) is 18.3 Å². The molecule has 3 N–H and O–H groups in total. The Hall–Kier alpha value is -1.10. The second kappa shape index (κ2) is 8.37. The van der Waals surface area contributed by atoms with Crippen molar-refractivity contribution in [3.63, 3.8) is 0 Å². The topological polar surface area (TPSA) is 78.4 Å². The van der Waals surface area contributed by atoms with Crippen molar-refractivity contribution in [1.82, 2.24) is 10.6 Å². The Morgan fingerprint density at radius 3 is 2.19 bits per heavy atom. The summed E-state index contributed by atoms with van der Waals surface area (Å²) >= 11 is 0. The number of nitrogens with one attached hydrogen (secondary N) is 2. The van der Waals surface area contributed by atoms with Gasteiger partial charge in [-0.2, -0.15) is 0 Å². The summed E-state index contributed by atoms with van der Waals surface area (Å²) in [5.74, 6) is 0.814. The van der Waals surface area contributed by atoms with Crippen LogP contribution in [0.25, 0.3) is 0 Å². The van der Waals surface area contributed by atoms with E-state index in [0.717, 1.165) is 38.5 Å². The van der Waals surface area contributed by atoms with Crippen LogP contribution in [-0.4, -0.2) is 36.1 Å². The van der Waals surface area contributed by atoms with Gasteiger partial charge in [-0.15, -0.1) is 0 Å². The molecule has 0 radical (unpaired) electrons. The molecule has 5 heteroatoms. The summed E-state index contributed by atoms with van der Waals surface area (Å²) in [5.41, 5.74) is 0. The number of rotatable bonds is 6. The first-order valence-corrected chi connectivity index (χ1v) is 8.34. The SMILES string of the molecule is O=C(CC1CCCC1)NCC(=O)NC1CCC(CO)CC1. The summed E-state index contributed by atoms with van der Waals surface area (Å²) in [5, 5.41) is 14.8. The number of carbonyl (C=O) groups is 2. The highest BCUT2D eigenvalue weighted by Crippen LogP contribution is 2.27. The number of amides is 2. The molecular formula is C16H28N2O3. The van der Waals surface area contributed by atoms with Gasteiger partial charge in [0, 0.05) is 19.1 Å². The molecule has 0 aliphatic heterocycles. The lowest BCUT2D eigenvalue weighted by atomic mass is 9.86. The first-order chi connectivity index (χ1) is 10.2. The minimum atomic E-state index is -0.0952. The number of aliphatic hydroxyl groups is 1. The van der Waals surface area contributed by atoms with Crippen LogP contribution >= 0.6 is 0 Å². The van der Waals surface area contributed by atoms with Gasteiger partial charge in [-0.3, -0.25) is 9.59 Å². The average molecular weight is 296 g/mol. The third-order valence-electron chi connectivity index (χ3n) is 4.86. The van der Waals surface area contributed by atoms with Crippen molar-refractivity contribution < 1.29 is 14.7 Å². The van der Waals surface area contributed by atoms with Gasteiger partial charge in [0.1, 0.15) is 0 Å². The van der Waals surface area contributed by atoms with Gasteiger partial charge in [0.2, 0.25) is 11.8 Å². The van der Waals surface area contributed by atoms with Crippen LogP contribution in [0.15, 0.2) is 0 Å². The summed E-state index contributed by atoms with van der Waals surface area (Å²) < 4.78 is 0.